The molecule has 0 radical (unpaired) electrons. The first kappa shape index (κ1) is 36.0. The van der Waals surface area contributed by atoms with E-state index in [1.54, 1.807) is 13.2 Å². The van der Waals surface area contributed by atoms with Gasteiger partial charge in [0.1, 0.15) is 28.9 Å². The number of nitrogens with zero attached hydrogens (tertiary/aromatic N) is 4. The molecule has 4 amide bonds. The first-order valence-electron chi connectivity index (χ1n) is 13.8. The minimum atomic E-state index is -1.59. The van der Waals surface area contributed by atoms with Crippen LogP contribution in [0.15, 0.2) is 57.8 Å². The van der Waals surface area contributed by atoms with Gasteiger partial charge in [-0.15, -0.1) is 11.8 Å². The van der Waals surface area contributed by atoms with E-state index in [0.29, 0.717) is 10.7 Å². The average molecular weight is 696 g/mol. The van der Waals surface area contributed by atoms with Crippen molar-refractivity contribution in [3.63, 3.8) is 0 Å². The number of anilines is 2. The van der Waals surface area contributed by atoms with Gasteiger partial charge in [-0.1, -0.05) is 29.1 Å². The maximum Gasteiger partial charge on any atom is 1.00 e. The van der Waals surface area contributed by atoms with Crippen molar-refractivity contribution in [3.05, 3.63) is 68.9 Å². The minimum Gasteiger partial charge on any atom is -0.543 e. The summed E-state index contributed by atoms with van der Waals surface area (Å²) in [6, 6.07) is 1.24. The van der Waals surface area contributed by atoms with E-state index in [4.69, 9.17) is 10.6 Å². The molecule has 1 aromatic carbocycles. The van der Waals surface area contributed by atoms with Crippen LogP contribution >= 0.6 is 23.5 Å². The van der Waals surface area contributed by atoms with Crippen LogP contribution in [-0.4, -0.2) is 85.0 Å². The van der Waals surface area contributed by atoms with Crippen LogP contribution in [0.25, 0.3) is 0 Å². The van der Waals surface area contributed by atoms with E-state index in [0.717, 1.165) is 16.0 Å². The summed E-state index contributed by atoms with van der Waals surface area (Å²) >= 11 is 2.47. The first-order chi connectivity index (χ1) is 21.8. The summed E-state index contributed by atoms with van der Waals surface area (Å²) in [6.45, 7) is 3.65. The van der Waals surface area contributed by atoms with Gasteiger partial charge in [0, 0.05) is 24.6 Å². The Morgan fingerprint density at radius 3 is 2.55 bits per heavy atom. The van der Waals surface area contributed by atoms with E-state index >= 15 is 0 Å². The van der Waals surface area contributed by atoms with Gasteiger partial charge in [0.2, 0.25) is 16.9 Å². The zero-order chi connectivity index (χ0) is 33.3. The molecule has 17 nitrogen and oxygen atoms in total. The second-order valence-electron chi connectivity index (χ2n) is 10.6. The molecule has 7 N–H and O–H groups in total. The van der Waals surface area contributed by atoms with Gasteiger partial charge in [0.15, 0.2) is 0 Å². The molecule has 244 valence electrons. The summed E-state index contributed by atoms with van der Waals surface area (Å²) < 4.78 is 0. The molecular formula is C27H30N9NaO8S2. The Kier molecular flexibility index (Phi) is 11.4. The number of thioether (sulfide) groups is 2. The molecule has 47 heavy (non-hydrogen) atoms. The Hall–Kier alpha value is -3.88. The summed E-state index contributed by atoms with van der Waals surface area (Å²) in [5.41, 5.74) is 7.69. The van der Waals surface area contributed by atoms with Crippen molar-refractivity contribution in [2.75, 3.05) is 28.8 Å². The van der Waals surface area contributed by atoms with E-state index < -0.39 is 46.8 Å². The summed E-state index contributed by atoms with van der Waals surface area (Å²) in [6.07, 6.45) is 2.68. The zero-order valence-electron chi connectivity index (χ0n) is 25.7. The van der Waals surface area contributed by atoms with Gasteiger partial charge in [-0.3, -0.25) is 34.6 Å². The summed E-state index contributed by atoms with van der Waals surface area (Å²) in [5, 5.41) is 28.6. The molecule has 1 aromatic heterocycles. The number of amides is 4. The Morgan fingerprint density at radius 2 is 1.98 bits per heavy atom. The number of hydrogen-bond donors (Lipinski definition) is 6. The van der Waals surface area contributed by atoms with Crippen LogP contribution in [0.3, 0.4) is 0 Å². The first-order valence-corrected chi connectivity index (χ1v) is 15.8. The van der Waals surface area contributed by atoms with Crippen molar-refractivity contribution in [1.29, 1.82) is 0 Å². The average Bonchev–Trinajstić information content (AvgIpc) is 3.42. The number of aromatic nitrogens is 2. The van der Waals surface area contributed by atoms with Gasteiger partial charge < -0.3 is 36.2 Å². The van der Waals surface area contributed by atoms with Gasteiger partial charge in [-0.25, -0.2) is 9.78 Å². The van der Waals surface area contributed by atoms with Crippen molar-refractivity contribution in [1.82, 2.24) is 30.8 Å². The SMILES string of the molecule is CC(C)Nc1ncc(N(C(N)=O)C(C(=O)NC2C(=O)N3C(C(=O)[O-])=C(CSC4=CNN(C)O4)CS[C@@H]23)c2ccc(O)cc2)c(=O)[nH]1.[Na+]. The Labute approximate surface area is 298 Å². The maximum absolute atomic E-state index is 13.9. The summed E-state index contributed by atoms with van der Waals surface area (Å²) in [4.78, 5) is 79.2. The van der Waals surface area contributed by atoms with Crippen LogP contribution in [0.1, 0.15) is 25.5 Å². The molecule has 20 heteroatoms. The van der Waals surface area contributed by atoms with Crippen LogP contribution in [0.2, 0.25) is 0 Å². The second-order valence-corrected chi connectivity index (χ2v) is 12.6. The van der Waals surface area contributed by atoms with E-state index in [1.807, 2.05) is 13.8 Å². The molecule has 3 atom stereocenters. The number of aromatic amines is 1. The van der Waals surface area contributed by atoms with Gasteiger partial charge in [-0.2, -0.15) is 0 Å². The smallest absolute Gasteiger partial charge is 0.543 e. The molecule has 2 aromatic rings. The molecular weight excluding hydrogens is 665 g/mol. The fourth-order valence-electron chi connectivity index (χ4n) is 4.94. The van der Waals surface area contributed by atoms with Crippen LogP contribution in [-0.2, 0) is 19.2 Å². The third-order valence-corrected chi connectivity index (χ3v) is 9.25. The minimum absolute atomic E-state index is 0. The number of rotatable bonds is 11. The van der Waals surface area contributed by atoms with Crippen LogP contribution in [0.5, 0.6) is 5.75 Å². The molecule has 0 saturated carbocycles. The number of carbonyl (C=O) groups is 4. The number of hydrogen-bond acceptors (Lipinski definition) is 14. The number of aliphatic carboxylic acids is 1. The Morgan fingerprint density at radius 1 is 1.28 bits per heavy atom. The van der Waals surface area contributed by atoms with Gasteiger partial charge in [0.25, 0.3) is 11.5 Å². The number of hydrazine groups is 1. The topological polar surface area (TPSA) is 238 Å². The third-order valence-electron chi connectivity index (χ3n) is 6.94. The van der Waals surface area contributed by atoms with Crippen molar-refractivity contribution in [3.8, 4) is 5.75 Å². The third kappa shape index (κ3) is 7.65. The fourth-order valence-corrected chi connectivity index (χ4v) is 7.27. The number of carbonyl (C=O) groups excluding carboxylic acids is 4. The summed E-state index contributed by atoms with van der Waals surface area (Å²) in [7, 11) is 1.65. The molecule has 0 bridgehead atoms. The number of nitrogens with two attached hydrogens (primary N) is 1. The number of primary amides is 1. The number of urea groups is 1. The number of hydroxylamine groups is 1. The largest absolute Gasteiger partial charge is 1.00 e. The Balaban J connectivity index is 0.00000500. The van der Waals surface area contributed by atoms with E-state index in [1.165, 1.54) is 53.0 Å². The van der Waals surface area contributed by atoms with Crippen molar-refractivity contribution >= 4 is 59.0 Å². The van der Waals surface area contributed by atoms with Crippen LogP contribution in [0, 0.1) is 0 Å². The summed E-state index contributed by atoms with van der Waals surface area (Å²) in [5.74, 6) is -2.72. The monoisotopic (exact) mass is 695 g/mol. The molecule has 3 aliphatic heterocycles. The fraction of sp³-hybridized carbons (Fsp3) is 0.333. The second kappa shape index (κ2) is 14.9. The van der Waals surface area contributed by atoms with Gasteiger partial charge in [0.05, 0.1) is 24.1 Å². The predicted molar refractivity (Wildman–Crippen MR) is 166 cm³/mol. The molecule has 0 spiro atoms. The number of phenols is 1. The number of aromatic hydroxyl groups is 1. The van der Waals surface area contributed by atoms with Crippen molar-refractivity contribution in [2.24, 2.45) is 5.73 Å². The van der Waals surface area contributed by atoms with Gasteiger partial charge in [-0.05, 0) is 37.1 Å². The van der Waals surface area contributed by atoms with Gasteiger partial charge >= 0.3 is 35.6 Å². The van der Waals surface area contributed by atoms with Crippen LogP contribution in [0.4, 0.5) is 16.4 Å². The maximum atomic E-state index is 13.9. The van der Waals surface area contributed by atoms with E-state index in [2.05, 4.69) is 26.0 Å². The van der Waals surface area contributed by atoms with Crippen molar-refractivity contribution in [2.45, 2.75) is 37.3 Å². The predicted octanol–water partition coefficient (Wildman–Crippen LogP) is -3.76. The molecule has 1 fully saturated rings. The number of H-pyrrole nitrogens is 1. The Bertz CT molecular complexity index is 1690. The number of fused-ring (bicyclic) bond motifs is 1. The molecule has 4 heterocycles. The van der Waals surface area contributed by atoms with Crippen molar-refractivity contribution < 1.29 is 63.8 Å². The quantitative estimate of drug-likeness (QED) is 0.0979. The number of β-lactam (4-membered cyclic amide) rings is 1. The standard InChI is InChI=1S/C27H31N9O8S2.Na/c1-12(2)31-27-29-8-16(21(38)33-27)35(26(28)43)19(13-4-6-15(37)7-5-13)22(39)32-18-23(40)36-20(25(41)42)14(11-46-24(18)36)10-45-17-9-30-34(3)44-17;/h4-9,12,18-19,24,30,37H,10-11H2,1-3H3,(H2,28,43)(H,32,39)(H,41,42)(H2,29,31,33,38);/q;+1/p-1/t18?,19?,24-;/m0./s1. The molecule has 3 aliphatic rings. The molecule has 2 unspecified atom stereocenters. The van der Waals surface area contributed by atoms with E-state index in [-0.39, 0.29) is 75.8 Å². The van der Waals surface area contributed by atoms with E-state index in [9.17, 15) is 34.2 Å². The number of carboxylic acids is 1. The number of phenolic OH excluding ortho intramolecular Hbond substituents is 1. The number of benzene rings is 1. The number of carboxylic acid groups (broad SMARTS) is 1. The zero-order valence-corrected chi connectivity index (χ0v) is 29.3. The molecule has 1 saturated heterocycles. The molecule has 5 rings (SSSR count). The van der Waals surface area contributed by atoms with Crippen LogP contribution < -0.4 is 66.9 Å². The number of nitrogens with one attached hydrogen (secondary N) is 4. The normalized spacial score (nSPS) is 19.4. The molecule has 0 aliphatic carbocycles.